The van der Waals surface area contributed by atoms with E-state index >= 15 is 0 Å². The zero-order chi connectivity index (χ0) is 13.1. The van der Waals surface area contributed by atoms with E-state index in [0.717, 1.165) is 29.9 Å². The lowest BCUT2D eigenvalue weighted by molar-refractivity contribution is 0.429. The van der Waals surface area contributed by atoms with Crippen LogP contribution in [0.2, 0.25) is 0 Å². The van der Waals surface area contributed by atoms with E-state index in [1.54, 1.807) is 0 Å². The van der Waals surface area contributed by atoms with E-state index < -0.39 is 0 Å². The molecule has 2 aromatic rings. The van der Waals surface area contributed by atoms with Gasteiger partial charge in [0.25, 0.3) is 11.8 Å². The molecule has 2 rings (SSSR count). The number of rotatable bonds is 4. The van der Waals surface area contributed by atoms with Crippen LogP contribution in [0.4, 0.5) is 11.6 Å². The molecule has 0 bridgehead atoms. The Hall–Kier alpha value is -2.04. The number of anilines is 2. The van der Waals surface area contributed by atoms with Crippen LogP contribution in [0.5, 0.6) is 0 Å². The van der Waals surface area contributed by atoms with Crippen LogP contribution in [0.15, 0.2) is 22.7 Å². The average molecular weight is 246 g/mol. The molecule has 1 aromatic carbocycles. The molecule has 5 nitrogen and oxygen atoms in total. The summed E-state index contributed by atoms with van der Waals surface area (Å²) >= 11 is 0. The van der Waals surface area contributed by atoms with Gasteiger partial charge >= 0.3 is 0 Å². The van der Waals surface area contributed by atoms with Gasteiger partial charge in [0.1, 0.15) is 0 Å². The second kappa shape index (κ2) is 5.08. The van der Waals surface area contributed by atoms with Gasteiger partial charge in [0.15, 0.2) is 0 Å². The zero-order valence-electron chi connectivity index (χ0n) is 11.0. The van der Waals surface area contributed by atoms with Crippen LogP contribution in [-0.2, 0) is 0 Å². The predicted octanol–water partition coefficient (Wildman–Crippen LogP) is 2.47. The first-order valence-electron chi connectivity index (χ1n) is 6.10. The number of aryl methyl sites for hydroxylation is 1. The Balaban J connectivity index is 2.31. The van der Waals surface area contributed by atoms with Crippen LogP contribution in [0, 0.1) is 6.92 Å². The van der Waals surface area contributed by atoms with Crippen LogP contribution in [0.1, 0.15) is 19.4 Å². The third-order valence-electron chi connectivity index (χ3n) is 2.98. The molecule has 0 aliphatic rings. The quantitative estimate of drug-likeness (QED) is 0.839. The van der Waals surface area contributed by atoms with Gasteiger partial charge in [-0.3, -0.25) is 0 Å². The summed E-state index contributed by atoms with van der Waals surface area (Å²) in [5, 5.41) is 4.00. The van der Waals surface area contributed by atoms with Crippen molar-refractivity contribution in [1.29, 1.82) is 0 Å². The standard InChI is InChI=1S/C13H18N4O/c1-4-17(5-2)13-15-12(18-16-13)10-6-7-11(14)9(3)8-10/h6-8H,4-5,14H2,1-3H3. The van der Waals surface area contributed by atoms with E-state index in [2.05, 4.69) is 24.0 Å². The number of hydrogen-bond acceptors (Lipinski definition) is 5. The van der Waals surface area contributed by atoms with Gasteiger partial charge in [-0.15, -0.1) is 0 Å². The summed E-state index contributed by atoms with van der Waals surface area (Å²) in [6.07, 6.45) is 0. The molecule has 0 spiro atoms. The SMILES string of the molecule is CCN(CC)c1noc(-c2ccc(N)c(C)c2)n1. The third-order valence-corrected chi connectivity index (χ3v) is 2.98. The van der Waals surface area contributed by atoms with E-state index in [-0.39, 0.29) is 0 Å². The van der Waals surface area contributed by atoms with E-state index in [9.17, 15) is 0 Å². The zero-order valence-corrected chi connectivity index (χ0v) is 11.0. The summed E-state index contributed by atoms with van der Waals surface area (Å²) in [4.78, 5) is 6.44. The monoisotopic (exact) mass is 246 g/mol. The lowest BCUT2D eigenvalue weighted by atomic mass is 10.1. The van der Waals surface area contributed by atoms with Gasteiger partial charge in [-0.2, -0.15) is 4.98 Å². The first kappa shape index (κ1) is 12.4. The summed E-state index contributed by atoms with van der Waals surface area (Å²) in [6.45, 7) is 7.80. The highest BCUT2D eigenvalue weighted by Gasteiger charge is 2.13. The Bertz CT molecular complexity index is 532. The van der Waals surface area contributed by atoms with Gasteiger partial charge in [-0.1, -0.05) is 0 Å². The maximum Gasteiger partial charge on any atom is 0.266 e. The van der Waals surface area contributed by atoms with Crippen molar-refractivity contribution in [2.24, 2.45) is 0 Å². The molecule has 1 aromatic heterocycles. The Morgan fingerprint density at radius 3 is 2.61 bits per heavy atom. The summed E-state index contributed by atoms with van der Waals surface area (Å²) in [6, 6.07) is 5.70. The molecular weight excluding hydrogens is 228 g/mol. The van der Waals surface area contributed by atoms with Crippen molar-refractivity contribution in [3.05, 3.63) is 23.8 Å². The molecule has 0 saturated heterocycles. The number of nitrogens with two attached hydrogens (primary N) is 1. The molecule has 0 atom stereocenters. The molecule has 0 amide bonds. The van der Waals surface area contributed by atoms with E-state index in [4.69, 9.17) is 10.3 Å². The second-order valence-corrected chi connectivity index (χ2v) is 4.14. The minimum atomic E-state index is 0.528. The lowest BCUT2D eigenvalue weighted by Gasteiger charge is -2.14. The van der Waals surface area contributed by atoms with Crippen molar-refractivity contribution in [3.8, 4) is 11.5 Å². The molecule has 0 aliphatic carbocycles. The largest absolute Gasteiger partial charge is 0.399 e. The predicted molar refractivity (Wildman–Crippen MR) is 72.4 cm³/mol. The van der Waals surface area contributed by atoms with Crippen molar-refractivity contribution in [3.63, 3.8) is 0 Å². The Kier molecular flexibility index (Phi) is 3.50. The number of aromatic nitrogens is 2. The minimum absolute atomic E-state index is 0.528. The summed E-state index contributed by atoms with van der Waals surface area (Å²) < 4.78 is 5.29. The second-order valence-electron chi connectivity index (χ2n) is 4.14. The highest BCUT2D eigenvalue weighted by molar-refractivity contribution is 5.61. The first-order valence-corrected chi connectivity index (χ1v) is 6.10. The Labute approximate surface area is 107 Å². The fourth-order valence-corrected chi connectivity index (χ4v) is 1.78. The summed E-state index contributed by atoms with van der Waals surface area (Å²) in [5.41, 5.74) is 8.46. The van der Waals surface area contributed by atoms with Crippen molar-refractivity contribution in [1.82, 2.24) is 10.1 Å². The van der Waals surface area contributed by atoms with Gasteiger partial charge in [-0.05, 0) is 49.7 Å². The highest BCUT2D eigenvalue weighted by atomic mass is 16.5. The molecule has 0 aliphatic heterocycles. The minimum Gasteiger partial charge on any atom is -0.399 e. The molecule has 0 unspecified atom stereocenters. The van der Waals surface area contributed by atoms with E-state index in [1.165, 1.54) is 0 Å². The van der Waals surface area contributed by atoms with Crippen molar-refractivity contribution in [2.45, 2.75) is 20.8 Å². The molecule has 1 heterocycles. The van der Waals surface area contributed by atoms with Crippen molar-refractivity contribution < 1.29 is 4.52 Å². The fraction of sp³-hybridized carbons (Fsp3) is 0.385. The maximum absolute atomic E-state index is 5.79. The van der Waals surface area contributed by atoms with Gasteiger partial charge in [-0.25, -0.2) is 0 Å². The van der Waals surface area contributed by atoms with E-state index in [0.29, 0.717) is 11.8 Å². The van der Waals surface area contributed by atoms with Crippen molar-refractivity contribution >= 4 is 11.6 Å². The molecule has 0 saturated carbocycles. The fourth-order valence-electron chi connectivity index (χ4n) is 1.78. The lowest BCUT2D eigenvalue weighted by Crippen LogP contribution is -2.22. The van der Waals surface area contributed by atoms with E-state index in [1.807, 2.05) is 30.0 Å². The highest BCUT2D eigenvalue weighted by Crippen LogP contribution is 2.23. The number of hydrogen-bond donors (Lipinski definition) is 1. The molecule has 0 fully saturated rings. The van der Waals surface area contributed by atoms with Gasteiger partial charge in [0.05, 0.1) is 0 Å². The number of benzene rings is 1. The smallest absolute Gasteiger partial charge is 0.266 e. The molecule has 2 N–H and O–H groups in total. The molecular formula is C13H18N4O. The number of nitrogens with zero attached hydrogens (tertiary/aromatic N) is 3. The van der Waals surface area contributed by atoms with Crippen LogP contribution in [0.3, 0.4) is 0 Å². The Morgan fingerprint density at radius 1 is 1.28 bits per heavy atom. The van der Waals surface area contributed by atoms with Gasteiger partial charge in [0, 0.05) is 24.3 Å². The third kappa shape index (κ3) is 2.30. The number of nitrogen functional groups attached to an aromatic ring is 1. The van der Waals surface area contributed by atoms with Crippen LogP contribution in [-0.4, -0.2) is 23.2 Å². The average Bonchev–Trinajstić information content (AvgIpc) is 2.84. The Morgan fingerprint density at radius 2 is 2.00 bits per heavy atom. The normalized spacial score (nSPS) is 10.6. The van der Waals surface area contributed by atoms with Crippen LogP contribution < -0.4 is 10.6 Å². The summed E-state index contributed by atoms with van der Waals surface area (Å²) in [7, 11) is 0. The van der Waals surface area contributed by atoms with Gasteiger partial charge < -0.3 is 15.2 Å². The molecule has 5 heteroatoms. The maximum atomic E-state index is 5.79. The topological polar surface area (TPSA) is 68.2 Å². The molecule has 0 radical (unpaired) electrons. The molecule has 18 heavy (non-hydrogen) atoms. The van der Waals surface area contributed by atoms with Crippen LogP contribution in [0.25, 0.3) is 11.5 Å². The summed E-state index contributed by atoms with van der Waals surface area (Å²) in [5.74, 6) is 1.16. The molecule has 96 valence electrons. The van der Waals surface area contributed by atoms with Gasteiger partial charge in [0.2, 0.25) is 0 Å². The van der Waals surface area contributed by atoms with Crippen molar-refractivity contribution in [2.75, 3.05) is 23.7 Å². The first-order chi connectivity index (χ1) is 8.65. The van der Waals surface area contributed by atoms with Crippen LogP contribution >= 0.6 is 0 Å².